The first kappa shape index (κ1) is 18.4. The first-order valence-corrected chi connectivity index (χ1v) is 8.45. The van der Waals surface area contributed by atoms with Gasteiger partial charge < -0.3 is 19.5 Å². The SMILES string of the molecule is CC(=O)c1ccc(NC(=O)[C@@H](C)OC(=O)[C@@H]2COc3ccccc3O2)cc1. The van der Waals surface area contributed by atoms with Crippen LogP contribution in [0.15, 0.2) is 48.5 Å². The molecule has 3 rings (SSSR count). The fraction of sp³-hybridized carbons (Fsp3) is 0.250. The molecule has 1 N–H and O–H groups in total. The molecule has 0 radical (unpaired) electrons. The van der Waals surface area contributed by atoms with Crippen molar-refractivity contribution in [3.63, 3.8) is 0 Å². The van der Waals surface area contributed by atoms with Gasteiger partial charge in [0.2, 0.25) is 6.10 Å². The Bertz CT molecular complexity index is 861. The zero-order valence-corrected chi connectivity index (χ0v) is 14.9. The lowest BCUT2D eigenvalue weighted by atomic mass is 10.1. The van der Waals surface area contributed by atoms with Gasteiger partial charge in [0.1, 0.15) is 6.61 Å². The molecule has 0 saturated heterocycles. The number of Topliss-reactive ketones (excluding diaryl/α,β-unsaturated/α-hetero) is 1. The van der Waals surface area contributed by atoms with Gasteiger partial charge in [-0.25, -0.2) is 4.79 Å². The number of amides is 1. The highest BCUT2D eigenvalue weighted by molar-refractivity contribution is 5.97. The maximum absolute atomic E-state index is 12.3. The van der Waals surface area contributed by atoms with E-state index in [-0.39, 0.29) is 12.4 Å². The number of nitrogens with one attached hydrogen (secondary N) is 1. The number of fused-ring (bicyclic) bond motifs is 1. The largest absolute Gasteiger partial charge is 0.485 e. The molecule has 140 valence electrons. The van der Waals surface area contributed by atoms with E-state index in [4.69, 9.17) is 14.2 Å². The summed E-state index contributed by atoms with van der Waals surface area (Å²) < 4.78 is 16.2. The lowest BCUT2D eigenvalue weighted by molar-refractivity contribution is -0.162. The highest BCUT2D eigenvalue weighted by Gasteiger charge is 2.31. The molecule has 1 heterocycles. The number of hydrogen-bond donors (Lipinski definition) is 1. The number of esters is 1. The third-order valence-electron chi connectivity index (χ3n) is 3.99. The number of benzene rings is 2. The Balaban J connectivity index is 1.55. The molecule has 27 heavy (non-hydrogen) atoms. The highest BCUT2D eigenvalue weighted by atomic mass is 16.6. The molecule has 0 unspecified atom stereocenters. The van der Waals surface area contributed by atoms with Crippen molar-refractivity contribution in [2.75, 3.05) is 11.9 Å². The molecule has 0 fully saturated rings. The molecular formula is C20H19NO6. The molecule has 0 aromatic heterocycles. The fourth-order valence-corrected chi connectivity index (χ4v) is 2.47. The molecule has 2 aromatic carbocycles. The first-order valence-electron chi connectivity index (χ1n) is 8.45. The molecule has 1 aliphatic heterocycles. The van der Waals surface area contributed by atoms with Gasteiger partial charge in [-0.1, -0.05) is 12.1 Å². The maximum atomic E-state index is 12.3. The average molecular weight is 369 g/mol. The van der Waals surface area contributed by atoms with Gasteiger partial charge in [-0.05, 0) is 50.2 Å². The summed E-state index contributed by atoms with van der Waals surface area (Å²) >= 11 is 0. The van der Waals surface area contributed by atoms with Crippen molar-refractivity contribution in [1.29, 1.82) is 0 Å². The second-order valence-corrected chi connectivity index (χ2v) is 6.07. The van der Waals surface area contributed by atoms with Crippen molar-refractivity contribution < 1.29 is 28.6 Å². The normalized spacial score (nSPS) is 16.1. The number of carbonyl (C=O) groups is 3. The van der Waals surface area contributed by atoms with E-state index in [9.17, 15) is 14.4 Å². The van der Waals surface area contributed by atoms with Crippen molar-refractivity contribution >= 4 is 23.3 Å². The Labute approximate surface area is 156 Å². The van der Waals surface area contributed by atoms with Gasteiger partial charge in [-0.2, -0.15) is 0 Å². The summed E-state index contributed by atoms with van der Waals surface area (Å²) in [6.07, 6.45) is -1.96. The maximum Gasteiger partial charge on any atom is 0.351 e. The Kier molecular flexibility index (Phi) is 5.40. The summed E-state index contributed by atoms with van der Waals surface area (Å²) in [6, 6.07) is 13.4. The summed E-state index contributed by atoms with van der Waals surface area (Å²) in [7, 11) is 0. The van der Waals surface area contributed by atoms with E-state index in [1.807, 2.05) is 0 Å². The quantitative estimate of drug-likeness (QED) is 0.643. The van der Waals surface area contributed by atoms with Crippen molar-refractivity contribution in [3.05, 3.63) is 54.1 Å². The van der Waals surface area contributed by atoms with Crippen LogP contribution in [0.5, 0.6) is 11.5 Å². The Morgan fingerprint density at radius 1 is 1.07 bits per heavy atom. The van der Waals surface area contributed by atoms with E-state index in [1.54, 1.807) is 48.5 Å². The molecular weight excluding hydrogens is 350 g/mol. The molecule has 1 aliphatic rings. The minimum atomic E-state index is -1.02. The lowest BCUT2D eigenvalue weighted by Crippen LogP contribution is -2.41. The Hall–Kier alpha value is -3.35. The van der Waals surface area contributed by atoms with Gasteiger partial charge in [-0.3, -0.25) is 9.59 Å². The smallest absolute Gasteiger partial charge is 0.351 e. The van der Waals surface area contributed by atoms with Gasteiger partial charge in [0.15, 0.2) is 23.4 Å². The first-order chi connectivity index (χ1) is 12.9. The number of ether oxygens (including phenoxy) is 3. The zero-order chi connectivity index (χ0) is 19.4. The van der Waals surface area contributed by atoms with E-state index >= 15 is 0 Å². The monoisotopic (exact) mass is 369 g/mol. The average Bonchev–Trinajstić information content (AvgIpc) is 2.67. The van der Waals surface area contributed by atoms with Crippen LogP contribution in [0.1, 0.15) is 24.2 Å². The van der Waals surface area contributed by atoms with Crippen molar-refractivity contribution in [2.24, 2.45) is 0 Å². The van der Waals surface area contributed by atoms with Gasteiger partial charge in [0.05, 0.1) is 0 Å². The molecule has 0 saturated carbocycles. The molecule has 2 aromatic rings. The summed E-state index contributed by atoms with van der Waals surface area (Å²) in [4.78, 5) is 35.7. The fourth-order valence-electron chi connectivity index (χ4n) is 2.47. The van der Waals surface area contributed by atoms with Gasteiger partial charge in [-0.15, -0.1) is 0 Å². The van der Waals surface area contributed by atoms with Gasteiger partial charge in [0.25, 0.3) is 5.91 Å². The molecule has 0 aliphatic carbocycles. The Morgan fingerprint density at radius 3 is 2.41 bits per heavy atom. The third kappa shape index (κ3) is 4.44. The highest BCUT2D eigenvalue weighted by Crippen LogP contribution is 2.31. The molecule has 0 spiro atoms. The topological polar surface area (TPSA) is 90.9 Å². The van der Waals surface area contributed by atoms with Crippen molar-refractivity contribution in [2.45, 2.75) is 26.1 Å². The van der Waals surface area contributed by atoms with Crippen molar-refractivity contribution in [1.82, 2.24) is 0 Å². The molecule has 1 amide bonds. The van der Waals surface area contributed by atoms with E-state index in [1.165, 1.54) is 13.8 Å². The van der Waals surface area contributed by atoms with Gasteiger partial charge in [0, 0.05) is 11.3 Å². The van der Waals surface area contributed by atoms with Gasteiger partial charge >= 0.3 is 5.97 Å². The third-order valence-corrected chi connectivity index (χ3v) is 3.99. The number of rotatable bonds is 5. The van der Waals surface area contributed by atoms with Crippen LogP contribution in [0.25, 0.3) is 0 Å². The number of hydrogen-bond acceptors (Lipinski definition) is 6. The lowest BCUT2D eigenvalue weighted by Gasteiger charge is -2.25. The zero-order valence-electron chi connectivity index (χ0n) is 14.9. The predicted molar refractivity (Wildman–Crippen MR) is 97.0 cm³/mol. The molecule has 2 atom stereocenters. The predicted octanol–water partition coefficient (Wildman–Crippen LogP) is 2.60. The van der Waals surface area contributed by atoms with Crippen LogP contribution in [0.3, 0.4) is 0 Å². The van der Waals surface area contributed by atoms with E-state index in [0.717, 1.165) is 0 Å². The molecule has 7 nitrogen and oxygen atoms in total. The van der Waals surface area contributed by atoms with Crippen LogP contribution in [0, 0.1) is 0 Å². The number of ketones is 1. The molecule has 0 bridgehead atoms. The van der Waals surface area contributed by atoms with Crippen LogP contribution in [0.4, 0.5) is 5.69 Å². The van der Waals surface area contributed by atoms with Crippen LogP contribution >= 0.6 is 0 Å². The van der Waals surface area contributed by atoms with Crippen LogP contribution in [0.2, 0.25) is 0 Å². The summed E-state index contributed by atoms with van der Waals surface area (Å²) in [6.45, 7) is 2.94. The molecule has 7 heteroatoms. The number of carbonyl (C=O) groups excluding carboxylic acids is 3. The van der Waals surface area contributed by atoms with Crippen LogP contribution < -0.4 is 14.8 Å². The summed E-state index contributed by atoms with van der Waals surface area (Å²) in [5, 5.41) is 2.63. The second kappa shape index (κ2) is 7.90. The Morgan fingerprint density at radius 2 is 1.74 bits per heavy atom. The standard InChI is InChI=1S/C20H19NO6/c1-12(22)14-7-9-15(10-8-14)21-19(23)13(2)26-20(24)18-11-25-16-5-3-4-6-17(16)27-18/h3-10,13,18H,11H2,1-2H3,(H,21,23)/t13-,18+/m1/s1. The second-order valence-electron chi connectivity index (χ2n) is 6.07. The summed E-state index contributed by atoms with van der Waals surface area (Å²) in [5.41, 5.74) is 1.04. The summed E-state index contributed by atoms with van der Waals surface area (Å²) in [5.74, 6) is -0.226. The van der Waals surface area contributed by atoms with E-state index in [0.29, 0.717) is 22.7 Å². The van der Waals surface area contributed by atoms with E-state index < -0.39 is 24.1 Å². The number of anilines is 1. The van der Waals surface area contributed by atoms with Crippen LogP contribution in [-0.2, 0) is 14.3 Å². The van der Waals surface area contributed by atoms with E-state index in [2.05, 4.69) is 5.32 Å². The van der Waals surface area contributed by atoms with Crippen LogP contribution in [-0.4, -0.2) is 36.5 Å². The minimum absolute atomic E-state index is 0.0106. The minimum Gasteiger partial charge on any atom is -0.485 e. The number of para-hydroxylation sites is 2. The van der Waals surface area contributed by atoms with Crippen molar-refractivity contribution in [3.8, 4) is 11.5 Å².